The number of hydrogen-bond acceptors (Lipinski definition) is 7. The van der Waals surface area contributed by atoms with Crippen LogP contribution in [0.2, 0.25) is 0 Å². The number of rotatable bonds is 7. The highest BCUT2D eigenvalue weighted by Gasteiger charge is 2.35. The Morgan fingerprint density at radius 2 is 1.74 bits per heavy atom. The smallest absolute Gasteiger partial charge is 0.338 e. The van der Waals surface area contributed by atoms with E-state index in [9.17, 15) is 19.2 Å². The van der Waals surface area contributed by atoms with Crippen molar-refractivity contribution >= 4 is 39.5 Å². The lowest BCUT2D eigenvalue weighted by molar-refractivity contribution is 0.0473. The van der Waals surface area contributed by atoms with Crippen LogP contribution in [0.25, 0.3) is 21.7 Å². The first-order valence-corrected chi connectivity index (χ1v) is 11.1. The van der Waals surface area contributed by atoms with Crippen LogP contribution < -0.4 is 5.63 Å². The normalized spacial score (nSPS) is 13.0. The number of benzene rings is 3. The molecule has 0 fully saturated rings. The monoisotopic (exact) mass is 471 g/mol. The Balaban J connectivity index is 1.40. The number of methoxy groups -OCH3 is 1. The molecule has 1 aliphatic rings. The van der Waals surface area contributed by atoms with Crippen LogP contribution in [-0.4, -0.2) is 42.9 Å². The van der Waals surface area contributed by atoms with E-state index in [0.29, 0.717) is 29.6 Å². The number of hydrogen-bond donors (Lipinski definition) is 0. The van der Waals surface area contributed by atoms with Crippen LogP contribution in [0.15, 0.2) is 69.9 Å². The van der Waals surface area contributed by atoms with Gasteiger partial charge in [-0.3, -0.25) is 14.5 Å². The van der Waals surface area contributed by atoms with E-state index in [1.165, 1.54) is 24.3 Å². The Morgan fingerprint density at radius 3 is 2.57 bits per heavy atom. The predicted octanol–water partition coefficient (Wildman–Crippen LogP) is 3.94. The fourth-order valence-corrected chi connectivity index (χ4v) is 4.35. The Morgan fingerprint density at radius 1 is 0.943 bits per heavy atom. The van der Waals surface area contributed by atoms with Crippen LogP contribution in [0.1, 0.15) is 43.1 Å². The minimum Gasteiger partial charge on any atom is -0.457 e. The van der Waals surface area contributed by atoms with E-state index in [4.69, 9.17) is 13.9 Å². The summed E-state index contributed by atoms with van der Waals surface area (Å²) >= 11 is 0. The molecule has 176 valence electrons. The molecule has 0 bridgehead atoms. The minimum absolute atomic E-state index is 0.140. The van der Waals surface area contributed by atoms with Gasteiger partial charge in [0.1, 0.15) is 12.2 Å². The average molecular weight is 471 g/mol. The summed E-state index contributed by atoms with van der Waals surface area (Å²) in [6, 6.07) is 16.8. The maximum atomic E-state index is 12.8. The highest BCUT2D eigenvalue weighted by Crippen LogP contribution is 2.28. The van der Waals surface area contributed by atoms with Gasteiger partial charge in [0.25, 0.3) is 11.8 Å². The van der Waals surface area contributed by atoms with Crippen LogP contribution in [0.5, 0.6) is 0 Å². The molecule has 4 aromatic rings. The lowest BCUT2D eigenvalue weighted by Crippen LogP contribution is -2.31. The third kappa shape index (κ3) is 4.08. The van der Waals surface area contributed by atoms with E-state index in [2.05, 4.69) is 0 Å². The predicted molar refractivity (Wildman–Crippen MR) is 127 cm³/mol. The van der Waals surface area contributed by atoms with Crippen LogP contribution >= 0.6 is 0 Å². The maximum absolute atomic E-state index is 12.8. The molecular formula is C27H21NO7. The van der Waals surface area contributed by atoms with E-state index in [-0.39, 0.29) is 29.8 Å². The SMILES string of the molecule is COCCCN1C(=O)c2ccc(C(=O)OCc3cc(=O)oc4ccc5ccccc5c34)cc2C1=O. The zero-order valence-corrected chi connectivity index (χ0v) is 18.9. The molecule has 1 aliphatic heterocycles. The van der Waals surface area contributed by atoms with Crippen LogP contribution in [-0.2, 0) is 16.1 Å². The second kappa shape index (κ2) is 9.15. The molecule has 1 aromatic heterocycles. The summed E-state index contributed by atoms with van der Waals surface area (Å²) in [7, 11) is 1.55. The van der Waals surface area contributed by atoms with Crippen molar-refractivity contribution in [2.24, 2.45) is 0 Å². The standard InChI is InChI=1S/C27H21NO7/c1-33-12-4-11-28-25(30)20-9-7-17(13-21(20)26(28)31)27(32)34-15-18-14-23(29)35-22-10-8-16-5-2-3-6-19(16)24(18)22/h2-3,5-10,13-14H,4,11-12,15H2,1H3. The van der Waals surface area contributed by atoms with Crippen molar-refractivity contribution < 1.29 is 28.3 Å². The molecule has 3 aromatic carbocycles. The molecule has 0 saturated heterocycles. The summed E-state index contributed by atoms with van der Waals surface area (Å²) in [6.07, 6.45) is 0.518. The summed E-state index contributed by atoms with van der Waals surface area (Å²) in [5.74, 6) is -1.52. The Hall–Kier alpha value is -4.30. The second-order valence-electron chi connectivity index (χ2n) is 8.20. The number of imide groups is 1. The Bertz CT molecular complexity index is 1550. The lowest BCUT2D eigenvalue weighted by Gasteiger charge is -2.12. The van der Waals surface area contributed by atoms with Gasteiger partial charge in [0, 0.05) is 37.3 Å². The van der Waals surface area contributed by atoms with Gasteiger partial charge in [-0.1, -0.05) is 30.3 Å². The molecule has 35 heavy (non-hydrogen) atoms. The summed E-state index contributed by atoms with van der Waals surface area (Å²) in [4.78, 5) is 51.4. The number of nitrogens with zero attached hydrogens (tertiary/aromatic N) is 1. The van der Waals surface area contributed by atoms with Crippen LogP contribution in [0.4, 0.5) is 0 Å². The molecule has 0 N–H and O–H groups in total. The molecule has 5 rings (SSSR count). The molecule has 8 heteroatoms. The van der Waals surface area contributed by atoms with Gasteiger partial charge in [-0.25, -0.2) is 9.59 Å². The zero-order chi connectivity index (χ0) is 24.5. The Labute approximate surface area is 199 Å². The number of amides is 2. The van der Waals surface area contributed by atoms with Crippen molar-refractivity contribution in [3.8, 4) is 0 Å². The second-order valence-corrected chi connectivity index (χ2v) is 8.20. The van der Waals surface area contributed by atoms with Crippen molar-refractivity contribution in [3.05, 3.63) is 93.3 Å². The number of carbonyl (C=O) groups is 3. The highest BCUT2D eigenvalue weighted by atomic mass is 16.5. The first kappa shape index (κ1) is 22.5. The van der Waals surface area contributed by atoms with Gasteiger partial charge < -0.3 is 13.9 Å². The summed E-state index contributed by atoms with van der Waals surface area (Å²) in [5, 5.41) is 2.52. The van der Waals surface area contributed by atoms with Gasteiger partial charge in [-0.15, -0.1) is 0 Å². The minimum atomic E-state index is -0.674. The third-order valence-electron chi connectivity index (χ3n) is 6.01. The van der Waals surface area contributed by atoms with Crippen molar-refractivity contribution in [3.63, 3.8) is 0 Å². The van der Waals surface area contributed by atoms with Crippen LogP contribution in [0.3, 0.4) is 0 Å². The average Bonchev–Trinajstić information content (AvgIpc) is 3.11. The molecule has 2 amide bonds. The van der Waals surface area contributed by atoms with Crippen molar-refractivity contribution in [2.75, 3.05) is 20.3 Å². The van der Waals surface area contributed by atoms with Gasteiger partial charge >= 0.3 is 11.6 Å². The van der Waals surface area contributed by atoms with Gasteiger partial charge in [-0.2, -0.15) is 0 Å². The van der Waals surface area contributed by atoms with E-state index >= 15 is 0 Å². The molecular weight excluding hydrogens is 450 g/mol. The lowest BCUT2D eigenvalue weighted by atomic mass is 10.0. The topological polar surface area (TPSA) is 103 Å². The number of carbonyl (C=O) groups excluding carboxylic acids is 3. The summed E-state index contributed by atoms with van der Waals surface area (Å²) in [6.45, 7) is 0.492. The Kier molecular flexibility index (Phi) is 5.88. The van der Waals surface area contributed by atoms with Gasteiger partial charge in [0.15, 0.2) is 0 Å². The molecule has 8 nitrogen and oxygen atoms in total. The van der Waals surface area contributed by atoms with E-state index in [0.717, 1.165) is 15.7 Å². The van der Waals surface area contributed by atoms with Gasteiger partial charge in [-0.05, 0) is 41.5 Å². The quantitative estimate of drug-likeness (QED) is 0.132. The number of esters is 1. The van der Waals surface area contributed by atoms with Gasteiger partial charge in [0.05, 0.1) is 16.7 Å². The molecule has 0 saturated carbocycles. The molecule has 0 atom stereocenters. The van der Waals surface area contributed by atoms with Crippen LogP contribution in [0, 0.1) is 0 Å². The van der Waals surface area contributed by atoms with E-state index < -0.39 is 23.4 Å². The zero-order valence-electron chi connectivity index (χ0n) is 18.9. The number of ether oxygens (including phenoxy) is 2. The maximum Gasteiger partial charge on any atom is 0.338 e. The van der Waals surface area contributed by atoms with Gasteiger partial charge in [0.2, 0.25) is 0 Å². The third-order valence-corrected chi connectivity index (χ3v) is 6.01. The largest absolute Gasteiger partial charge is 0.457 e. The van der Waals surface area contributed by atoms with E-state index in [1.54, 1.807) is 13.2 Å². The first-order valence-electron chi connectivity index (χ1n) is 11.1. The van der Waals surface area contributed by atoms with Crippen molar-refractivity contribution in [1.82, 2.24) is 4.90 Å². The van der Waals surface area contributed by atoms with Crippen molar-refractivity contribution in [2.45, 2.75) is 13.0 Å². The fraction of sp³-hybridized carbons (Fsp3) is 0.185. The summed E-state index contributed by atoms with van der Waals surface area (Å²) < 4.78 is 15.8. The summed E-state index contributed by atoms with van der Waals surface area (Å²) in [5.41, 5.74) is 0.922. The molecule has 0 aliphatic carbocycles. The first-order chi connectivity index (χ1) is 17.0. The molecule has 0 spiro atoms. The molecule has 0 radical (unpaired) electrons. The number of fused-ring (bicyclic) bond motifs is 4. The highest BCUT2D eigenvalue weighted by molar-refractivity contribution is 6.22. The molecule has 2 heterocycles. The molecule has 0 unspecified atom stereocenters. The fourth-order valence-electron chi connectivity index (χ4n) is 4.35. The van der Waals surface area contributed by atoms with Crippen molar-refractivity contribution in [1.29, 1.82) is 0 Å². The van der Waals surface area contributed by atoms with E-state index in [1.807, 2.05) is 30.3 Å².